The van der Waals surface area contributed by atoms with Crippen LogP contribution in [0.25, 0.3) is 0 Å². The van der Waals surface area contributed by atoms with E-state index in [0.29, 0.717) is 58.0 Å². The number of rotatable bonds is 7. The fraction of sp³-hybridized carbons (Fsp3) is 0.875. The van der Waals surface area contributed by atoms with Crippen LogP contribution in [0.15, 0.2) is 0 Å². The van der Waals surface area contributed by atoms with E-state index in [1.54, 1.807) is 30.6 Å². The highest BCUT2D eigenvalue weighted by molar-refractivity contribution is 5.81. The molecule has 1 saturated heterocycles. The lowest BCUT2D eigenvalue weighted by molar-refractivity contribution is -0.122. The Bertz CT molecular complexity index is 911. The molecule has 0 bridgehead atoms. The van der Waals surface area contributed by atoms with Gasteiger partial charge in [0.15, 0.2) is 0 Å². The Labute approximate surface area is 271 Å². The highest BCUT2D eigenvalue weighted by Crippen LogP contribution is 2.15. The maximum atomic E-state index is 13.2. The second-order valence-corrected chi connectivity index (χ2v) is 15.1. The van der Waals surface area contributed by atoms with Crippen LogP contribution in [0, 0.1) is 5.92 Å². The number of nitrogens with one attached hydrogen (secondary N) is 1. The molecule has 0 aliphatic carbocycles. The Morgan fingerprint density at radius 1 is 0.644 bits per heavy atom. The molecule has 0 aromatic carbocycles. The third kappa shape index (κ3) is 18.1. The molecule has 1 unspecified atom stereocenters. The normalized spacial score (nSPS) is 17.2. The highest BCUT2D eigenvalue weighted by Gasteiger charge is 2.29. The first-order valence-electron chi connectivity index (χ1n) is 16.3. The van der Waals surface area contributed by atoms with E-state index in [9.17, 15) is 19.2 Å². The second-order valence-electron chi connectivity index (χ2n) is 15.1. The molecule has 1 fully saturated rings. The van der Waals surface area contributed by atoms with Gasteiger partial charge in [-0.3, -0.25) is 9.69 Å². The zero-order chi connectivity index (χ0) is 34.6. The van der Waals surface area contributed by atoms with Gasteiger partial charge in [0.05, 0.1) is 6.04 Å². The largest absolute Gasteiger partial charge is 0.444 e. The maximum absolute atomic E-state index is 13.2. The molecule has 1 heterocycles. The number of carbonyl (C=O) groups is 4. The summed E-state index contributed by atoms with van der Waals surface area (Å²) in [6.07, 6.45) is -0.184. The fourth-order valence-corrected chi connectivity index (χ4v) is 4.47. The Balaban J connectivity index is 3.17. The molecule has 1 rings (SSSR count). The van der Waals surface area contributed by atoms with Crippen molar-refractivity contribution in [3.63, 3.8) is 0 Å². The first-order chi connectivity index (χ1) is 20.6. The van der Waals surface area contributed by atoms with Crippen LogP contribution in [-0.4, -0.2) is 132 Å². The second kappa shape index (κ2) is 17.8. The molecule has 0 aromatic rings. The Kier molecular flexibility index (Phi) is 15.9. The minimum atomic E-state index is -0.712. The summed E-state index contributed by atoms with van der Waals surface area (Å²) in [6.45, 7) is 23.9. The summed E-state index contributed by atoms with van der Waals surface area (Å²) in [7, 11) is 0. The van der Waals surface area contributed by atoms with Crippen LogP contribution in [0.3, 0.4) is 0 Å². The van der Waals surface area contributed by atoms with Gasteiger partial charge in [0.25, 0.3) is 0 Å². The van der Waals surface area contributed by atoms with Crippen molar-refractivity contribution in [2.24, 2.45) is 11.7 Å². The first kappa shape index (κ1) is 40.2. The van der Waals surface area contributed by atoms with Gasteiger partial charge < -0.3 is 40.0 Å². The minimum absolute atomic E-state index is 0.167. The van der Waals surface area contributed by atoms with Crippen molar-refractivity contribution in [3.8, 4) is 0 Å². The van der Waals surface area contributed by atoms with Crippen molar-refractivity contribution in [1.29, 1.82) is 0 Å². The molecule has 0 aromatic heterocycles. The Hall–Kier alpha value is -2.80. The summed E-state index contributed by atoms with van der Waals surface area (Å²) in [5.41, 5.74) is 3.93. The van der Waals surface area contributed by atoms with E-state index in [1.165, 1.54) is 4.90 Å². The quantitative estimate of drug-likeness (QED) is 0.312. The number of ether oxygens (including phenoxy) is 3. The zero-order valence-corrected chi connectivity index (χ0v) is 29.9. The van der Waals surface area contributed by atoms with Crippen molar-refractivity contribution in [3.05, 3.63) is 0 Å². The number of hydrogen-bond donors (Lipinski definition) is 2. The summed E-state index contributed by atoms with van der Waals surface area (Å²) in [5, 5.41) is 2.92. The molecule has 0 spiro atoms. The molecule has 1 aliphatic rings. The predicted octanol–water partition coefficient (Wildman–Crippen LogP) is 3.89. The number of amides is 4. The van der Waals surface area contributed by atoms with Crippen molar-refractivity contribution >= 4 is 24.2 Å². The summed E-state index contributed by atoms with van der Waals surface area (Å²) in [6, 6.07) is -0.545. The first-order valence-corrected chi connectivity index (χ1v) is 16.3. The van der Waals surface area contributed by atoms with Gasteiger partial charge in [0.2, 0.25) is 5.91 Å². The molecule has 0 saturated carbocycles. The van der Waals surface area contributed by atoms with Crippen LogP contribution in [0.5, 0.6) is 0 Å². The standard InChI is InChI=1S/C32H62N6O7/c1-24(2)23-25(33)26(39)34-13-12-14-35-15-17-36(27(40)43-30(3,4)5)19-21-38(29(42)45-32(9,10)11)22-20-37(18-16-35)28(41)44-31(6,7)8/h24-25H,12-23,33H2,1-11H3,(H,34,39). The molecule has 1 aliphatic heterocycles. The highest BCUT2D eigenvalue weighted by atomic mass is 16.6. The maximum Gasteiger partial charge on any atom is 0.410 e. The predicted molar refractivity (Wildman–Crippen MR) is 175 cm³/mol. The van der Waals surface area contributed by atoms with Gasteiger partial charge in [-0.1, -0.05) is 13.8 Å². The van der Waals surface area contributed by atoms with Gasteiger partial charge in [-0.2, -0.15) is 0 Å². The Morgan fingerprint density at radius 2 is 0.978 bits per heavy atom. The van der Waals surface area contributed by atoms with Gasteiger partial charge in [-0.05, 0) is 87.6 Å². The molecular weight excluding hydrogens is 580 g/mol. The number of nitrogens with zero attached hydrogens (tertiary/aromatic N) is 4. The SMILES string of the molecule is CC(C)CC(N)C(=O)NCCCN1CCN(C(=O)OC(C)(C)C)CCN(C(=O)OC(C)(C)C)CCN(C(=O)OC(C)(C)C)CC1. The third-order valence-electron chi connectivity index (χ3n) is 6.62. The summed E-state index contributed by atoms with van der Waals surface area (Å²) >= 11 is 0. The lowest BCUT2D eigenvalue weighted by Crippen LogP contribution is -2.51. The monoisotopic (exact) mass is 642 g/mol. The molecule has 1 atom stereocenters. The van der Waals surface area contributed by atoms with Crippen LogP contribution >= 0.6 is 0 Å². The van der Waals surface area contributed by atoms with Crippen molar-refractivity contribution in [2.75, 3.05) is 65.4 Å². The van der Waals surface area contributed by atoms with Crippen LogP contribution in [0.4, 0.5) is 14.4 Å². The van der Waals surface area contributed by atoms with E-state index in [-0.39, 0.29) is 32.1 Å². The third-order valence-corrected chi connectivity index (χ3v) is 6.62. The molecule has 0 radical (unpaired) electrons. The van der Waals surface area contributed by atoms with Gasteiger partial charge >= 0.3 is 18.3 Å². The molecule has 45 heavy (non-hydrogen) atoms. The topological polar surface area (TPSA) is 147 Å². The van der Waals surface area contributed by atoms with Gasteiger partial charge in [0.1, 0.15) is 16.8 Å². The van der Waals surface area contributed by atoms with E-state index in [2.05, 4.69) is 10.2 Å². The number of hydrogen-bond acceptors (Lipinski definition) is 9. The Morgan fingerprint density at radius 3 is 1.29 bits per heavy atom. The van der Waals surface area contributed by atoms with E-state index < -0.39 is 41.1 Å². The molecular formula is C32H62N6O7. The van der Waals surface area contributed by atoms with E-state index in [4.69, 9.17) is 19.9 Å². The lowest BCUT2D eigenvalue weighted by atomic mass is 10.0. The number of nitrogens with two attached hydrogens (primary N) is 1. The molecule has 3 N–H and O–H groups in total. The van der Waals surface area contributed by atoms with Crippen LogP contribution < -0.4 is 11.1 Å². The molecule has 13 nitrogen and oxygen atoms in total. The average Bonchev–Trinajstić information content (AvgIpc) is 2.83. The smallest absolute Gasteiger partial charge is 0.410 e. The summed E-state index contributed by atoms with van der Waals surface area (Å²) in [4.78, 5) is 58.9. The average molecular weight is 643 g/mol. The lowest BCUT2D eigenvalue weighted by Gasteiger charge is -2.35. The van der Waals surface area contributed by atoms with Crippen molar-refractivity contribution in [2.45, 2.75) is 112 Å². The summed E-state index contributed by atoms with van der Waals surface area (Å²) in [5.74, 6) is 0.157. The van der Waals surface area contributed by atoms with Gasteiger partial charge in [-0.25, -0.2) is 14.4 Å². The van der Waals surface area contributed by atoms with Gasteiger partial charge in [-0.15, -0.1) is 0 Å². The molecule has 262 valence electrons. The van der Waals surface area contributed by atoms with E-state index in [0.717, 1.165) is 0 Å². The molecule has 4 amide bonds. The fourth-order valence-electron chi connectivity index (χ4n) is 4.47. The minimum Gasteiger partial charge on any atom is -0.444 e. The zero-order valence-electron chi connectivity index (χ0n) is 29.9. The van der Waals surface area contributed by atoms with Gasteiger partial charge in [0, 0.05) is 58.9 Å². The summed E-state index contributed by atoms with van der Waals surface area (Å²) < 4.78 is 17.0. The van der Waals surface area contributed by atoms with Crippen LogP contribution in [0.2, 0.25) is 0 Å². The van der Waals surface area contributed by atoms with Crippen LogP contribution in [0.1, 0.15) is 89.0 Å². The van der Waals surface area contributed by atoms with Crippen molar-refractivity contribution < 1.29 is 33.4 Å². The van der Waals surface area contributed by atoms with Crippen LogP contribution in [-0.2, 0) is 19.0 Å². The van der Waals surface area contributed by atoms with Crippen molar-refractivity contribution in [1.82, 2.24) is 24.9 Å². The number of carbonyl (C=O) groups excluding carboxylic acids is 4. The molecule has 13 heteroatoms. The van der Waals surface area contributed by atoms with E-state index in [1.807, 2.05) is 55.4 Å². The van der Waals surface area contributed by atoms with E-state index >= 15 is 0 Å².